The van der Waals surface area contributed by atoms with Gasteiger partial charge < -0.3 is 15.0 Å². The van der Waals surface area contributed by atoms with Crippen molar-refractivity contribution in [3.05, 3.63) is 28.2 Å². The maximum Gasteiger partial charge on any atom is 0.245 e. The monoisotopic (exact) mass is 370 g/mol. The third-order valence-electron chi connectivity index (χ3n) is 3.32. The molecule has 0 radical (unpaired) electrons. The van der Waals surface area contributed by atoms with Gasteiger partial charge in [-0.2, -0.15) is 0 Å². The first-order chi connectivity index (χ1) is 10.3. The van der Waals surface area contributed by atoms with Crippen molar-refractivity contribution in [3.8, 4) is 5.75 Å². The Bertz CT molecular complexity index is 546. The molecule has 1 rings (SSSR count). The highest BCUT2D eigenvalue weighted by Crippen LogP contribution is 2.24. The van der Waals surface area contributed by atoms with Crippen LogP contribution in [0.1, 0.15) is 26.3 Å². The largest absolute Gasteiger partial charge is 0.496 e. The van der Waals surface area contributed by atoms with Crippen molar-refractivity contribution in [2.75, 3.05) is 14.2 Å². The average molecular weight is 371 g/mol. The fraction of sp³-hybridized carbons (Fsp3) is 0.500. The molecule has 0 fully saturated rings. The van der Waals surface area contributed by atoms with Crippen LogP contribution < -0.4 is 10.1 Å². The quantitative estimate of drug-likeness (QED) is 0.836. The minimum Gasteiger partial charge on any atom is -0.496 e. The summed E-state index contributed by atoms with van der Waals surface area (Å²) in [5.74, 6) is 0.416. The van der Waals surface area contributed by atoms with Crippen molar-refractivity contribution < 1.29 is 14.3 Å². The molecule has 1 N–H and O–H groups in total. The number of nitrogens with one attached hydrogen (secondary N) is 1. The molecule has 0 saturated heterocycles. The molecule has 0 bridgehead atoms. The summed E-state index contributed by atoms with van der Waals surface area (Å²) in [6.07, 6.45) is 0. The van der Waals surface area contributed by atoms with Crippen LogP contribution in [-0.4, -0.2) is 36.9 Å². The van der Waals surface area contributed by atoms with Gasteiger partial charge in [-0.3, -0.25) is 9.59 Å². The number of likely N-dealkylation sites (N-methyl/N-ethyl adjacent to an activating group) is 1. The molecule has 122 valence electrons. The number of benzene rings is 1. The SMILES string of the molecule is COc1ccc(Br)cc1CN(C)C(=O)[C@H](NC(C)=O)C(C)C. The molecule has 0 aliphatic heterocycles. The van der Waals surface area contributed by atoms with Crippen LogP contribution in [0.25, 0.3) is 0 Å². The highest BCUT2D eigenvalue weighted by atomic mass is 79.9. The van der Waals surface area contributed by atoms with Crippen LogP contribution in [0.4, 0.5) is 0 Å². The second-order valence-corrected chi connectivity index (χ2v) is 6.49. The highest BCUT2D eigenvalue weighted by Gasteiger charge is 2.26. The van der Waals surface area contributed by atoms with E-state index in [2.05, 4.69) is 21.2 Å². The summed E-state index contributed by atoms with van der Waals surface area (Å²) in [6.45, 7) is 5.64. The summed E-state index contributed by atoms with van der Waals surface area (Å²) in [5.41, 5.74) is 0.901. The molecule has 0 spiro atoms. The molecular formula is C16H23BrN2O3. The first kappa shape index (κ1) is 18.5. The molecule has 6 heteroatoms. The van der Waals surface area contributed by atoms with Gasteiger partial charge in [-0.1, -0.05) is 29.8 Å². The van der Waals surface area contributed by atoms with Gasteiger partial charge in [-0.15, -0.1) is 0 Å². The van der Waals surface area contributed by atoms with Crippen molar-refractivity contribution in [2.45, 2.75) is 33.4 Å². The highest BCUT2D eigenvalue weighted by molar-refractivity contribution is 9.10. The molecule has 0 saturated carbocycles. The van der Waals surface area contributed by atoms with E-state index in [9.17, 15) is 9.59 Å². The van der Waals surface area contributed by atoms with E-state index in [-0.39, 0.29) is 17.7 Å². The number of amides is 2. The second-order valence-electron chi connectivity index (χ2n) is 5.57. The van der Waals surface area contributed by atoms with Crippen molar-refractivity contribution >= 4 is 27.7 Å². The van der Waals surface area contributed by atoms with Crippen LogP contribution in [0.15, 0.2) is 22.7 Å². The summed E-state index contributed by atoms with van der Waals surface area (Å²) in [7, 11) is 3.32. The fourth-order valence-electron chi connectivity index (χ4n) is 2.17. The van der Waals surface area contributed by atoms with Crippen LogP contribution in [0.5, 0.6) is 5.75 Å². The number of carbonyl (C=O) groups excluding carboxylic acids is 2. The molecule has 0 aliphatic rings. The fourth-order valence-corrected chi connectivity index (χ4v) is 2.58. The van der Waals surface area contributed by atoms with Crippen LogP contribution in [0, 0.1) is 5.92 Å². The van der Waals surface area contributed by atoms with Gasteiger partial charge in [0.1, 0.15) is 11.8 Å². The second kappa shape index (κ2) is 8.17. The first-order valence-corrected chi connectivity index (χ1v) is 7.90. The lowest BCUT2D eigenvalue weighted by Crippen LogP contribution is -2.49. The van der Waals surface area contributed by atoms with Gasteiger partial charge in [-0.25, -0.2) is 0 Å². The van der Waals surface area contributed by atoms with E-state index in [1.54, 1.807) is 19.1 Å². The lowest BCUT2D eigenvalue weighted by atomic mass is 10.0. The van der Waals surface area contributed by atoms with Gasteiger partial charge in [0, 0.05) is 30.6 Å². The van der Waals surface area contributed by atoms with Gasteiger partial charge in [0.2, 0.25) is 11.8 Å². The Morgan fingerprint density at radius 3 is 2.50 bits per heavy atom. The zero-order valence-electron chi connectivity index (χ0n) is 13.6. The smallest absolute Gasteiger partial charge is 0.245 e. The Hall–Kier alpha value is -1.56. The Balaban J connectivity index is 2.91. The van der Waals surface area contributed by atoms with E-state index in [1.165, 1.54) is 6.92 Å². The molecule has 1 atom stereocenters. The number of nitrogens with zero attached hydrogens (tertiary/aromatic N) is 1. The van der Waals surface area contributed by atoms with Gasteiger partial charge in [0.05, 0.1) is 7.11 Å². The maximum absolute atomic E-state index is 12.6. The Kier molecular flexibility index (Phi) is 6.87. The number of methoxy groups -OCH3 is 1. The number of carbonyl (C=O) groups is 2. The zero-order chi connectivity index (χ0) is 16.9. The Morgan fingerprint density at radius 2 is 2.00 bits per heavy atom. The summed E-state index contributed by atoms with van der Waals surface area (Å²) >= 11 is 3.42. The van der Waals surface area contributed by atoms with Crippen molar-refractivity contribution in [1.82, 2.24) is 10.2 Å². The number of rotatable bonds is 6. The number of hydrogen-bond donors (Lipinski definition) is 1. The third kappa shape index (κ3) is 5.02. The van der Waals surface area contributed by atoms with Crippen molar-refractivity contribution in [1.29, 1.82) is 0 Å². The van der Waals surface area contributed by atoms with Crippen molar-refractivity contribution in [2.24, 2.45) is 5.92 Å². The predicted octanol–water partition coefficient (Wildman–Crippen LogP) is 2.58. The van der Waals surface area contributed by atoms with E-state index in [0.29, 0.717) is 6.54 Å². The van der Waals surface area contributed by atoms with Gasteiger partial charge in [-0.05, 0) is 24.1 Å². The van der Waals surface area contributed by atoms with Gasteiger partial charge >= 0.3 is 0 Å². The lowest BCUT2D eigenvalue weighted by molar-refractivity contribution is -0.136. The molecule has 1 aromatic rings. The minimum atomic E-state index is -0.527. The van der Waals surface area contributed by atoms with E-state index < -0.39 is 6.04 Å². The normalized spacial score (nSPS) is 12.0. The maximum atomic E-state index is 12.6. The Labute approximate surface area is 140 Å². The van der Waals surface area contributed by atoms with E-state index >= 15 is 0 Å². The molecular weight excluding hydrogens is 348 g/mol. The number of halogens is 1. The van der Waals surface area contributed by atoms with E-state index in [1.807, 2.05) is 32.0 Å². The first-order valence-electron chi connectivity index (χ1n) is 7.10. The summed E-state index contributed by atoms with van der Waals surface area (Å²) in [5, 5.41) is 2.72. The average Bonchev–Trinajstić information content (AvgIpc) is 2.43. The molecule has 0 aromatic heterocycles. The third-order valence-corrected chi connectivity index (χ3v) is 3.81. The van der Waals surface area contributed by atoms with Gasteiger partial charge in [0.25, 0.3) is 0 Å². The topological polar surface area (TPSA) is 58.6 Å². The molecule has 5 nitrogen and oxygen atoms in total. The Morgan fingerprint density at radius 1 is 1.36 bits per heavy atom. The molecule has 0 heterocycles. The molecule has 1 aromatic carbocycles. The van der Waals surface area contributed by atoms with Crippen LogP contribution in [0.3, 0.4) is 0 Å². The standard InChI is InChI=1S/C16H23BrN2O3/c1-10(2)15(18-11(3)20)16(21)19(4)9-12-8-13(17)6-7-14(12)22-5/h6-8,10,15H,9H2,1-5H3,(H,18,20)/t15-/m1/s1. The van der Waals surface area contributed by atoms with Gasteiger partial charge in [0.15, 0.2) is 0 Å². The summed E-state index contributed by atoms with van der Waals surface area (Å²) in [4.78, 5) is 25.5. The van der Waals surface area contributed by atoms with E-state index in [0.717, 1.165) is 15.8 Å². The summed E-state index contributed by atoms with van der Waals surface area (Å²) in [6, 6.07) is 5.13. The van der Waals surface area contributed by atoms with E-state index in [4.69, 9.17) is 4.74 Å². The van der Waals surface area contributed by atoms with Crippen LogP contribution >= 0.6 is 15.9 Å². The minimum absolute atomic E-state index is 0.0169. The van der Waals surface area contributed by atoms with Crippen molar-refractivity contribution in [3.63, 3.8) is 0 Å². The number of ether oxygens (including phenoxy) is 1. The molecule has 2 amide bonds. The lowest BCUT2D eigenvalue weighted by Gasteiger charge is -2.27. The molecule has 0 unspecified atom stereocenters. The zero-order valence-corrected chi connectivity index (χ0v) is 15.2. The molecule has 22 heavy (non-hydrogen) atoms. The van der Waals surface area contributed by atoms with Crippen LogP contribution in [0.2, 0.25) is 0 Å². The van der Waals surface area contributed by atoms with Crippen LogP contribution in [-0.2, 0) is 16.1 Å². The summed E-state index contributed by atoms with van der Waals surface area (Å²) < 4.78 is 6.25. The molecule has 0 aliphatic carbocycles. The predicted molar refractivity (Wildman–Crippen MR) is 89.6 cm³/mol. The number of hydrogen-bond acceptors (Lipinski definition) is 3.